The van der Waals surface area contributed by atoms with E-state index in [9.17, 15) is 14.4 Å². The van der Waals surface area contributed by atoms with Crippen molar-refractivity contribution in [1.29, 1.82) is 0 Å². The van der Waals surface area contributed by atoms with Crippen molar-refractivity contribution < 1.29 is 19.5 Å². The zero-order chi connectivity index (χ0) is 15.6. The second-order valence-electron chi connectivity index (χ2n) is 4.51. The first-order valence-electron chi connectivity index (χ1n) is 6.31. The van der Waals surface area contributed by atoms with Gasteiger partial charge in [0.1, 0.15) is 6.04 Å². The summed E-state index contributed by atoms with van der Waals surface area (Å²) in [5.74, 6) is -1.51. The zero-order valence-corrected chi connectivity index (χ0v) is 11.6. The van der Waals surface area contributed by atoms with E-state index in [1.54, 1.807) is 35.9 Å². The Morgan fingerprint density at radius 2 is 1.95 bits per heavy atom. The molecule has 0 radical (unpaired) electrons. The Morgan fingerprint density at radius 3 is 2.57 bits per heavy atom. The van der Waals surface area contributed by atoms with E-state index in [4.69, 9.17) is 5.11 Å². The lowest BCUT2D eigenvalue weighted by atomic mass is 10.1. The van der Waals surface area contributed by atoms with Crippen molar-refractivity contribution >= 4 is 28.8 Å². The zero-order valence-electron chi connectivity index (χ0n) is 11.6. The van der Waals surface area contributed by atoms with Crippen LogP contribution < -0.4 is 10.6 Å². The summed E-state index contributed by atoms with van der Waals surface area (Å²) in [6.07, 6.45) is 1.63. The number of benzene rings is 1. The maximum atomic E-state index is 12.0. The number of aromatic nitrogens is 1. The highest BCUT2D eigenvalue weighted by Crippen LogP contribution is 2.23. The number of rotatable bonds is 3. The van der Waals surface area contributed by atoms with Gasteiger partial charge < -0.3 is 15.0 Å². The summed E-state index contributed by atoms with van der Waals surface area (Å²) >= 11 is 0. The number of hydrogen-bond donors (Lipinski definition) is 3. The third-order valence-corrected chi connectivity index (χ3v) is 3.25. The summed E-state index contributed by atoms with van der Waals surface area (Å²) in [7, 11) is 1.41. The number of urea groups is 1. The third kappa shape index (κ3) is 2.71. The SMILES string of the molecule is CNC(=O)NC(=O)C(C)n1ccc2c(C(=O)O)cccc21. The summed E-state index contributed by atoms with van der Waals surface area (Å²) in [6.45, 7) is 1.63. The molecule has 21 heavy (non-hydrogen) atoms. The minimum Gasteiger partial charge on any atom is -0.478 e. The molecule has 7 heteroatoms. The fourth-order valence-corrected chi connectivity index (χ4v) is 2.12. The number of nitrogens with one attached hydrogen (secondary N) is 2. The number of aromatic carboxylic acids is 1. The summed E-state index contributed by atoms with van der Waals surface area (Å²) in [4.78, 5) is 34.3. The molecule has 3 N–H and O–H groups in total. The minimum absolute atomic E-state index is 0.171. The van der Waals surface area contributed by atoms with E-state index in [-0.39, 0.29) is 5.56 Å². The van der Waals surface area contributed by atoms with E-state index < -0.39 is 23.9 Å². The van der Waals surface area contributed by atoms with Gasteiger partial charge in [-0.05, 0) is 25.1 Å². The predicted molar refractivity (Wildman–Crippen MR) is 76.2 cm³/mol. The molecule has 110 valence electrons. The van der Waals surface area contributed by atoms with Gasteiger partial charge in [0.25, 0.3) is 5.91 Å². The molecule has 0 fully saturated rings. The van der Waals surface area contributed by atoms with Gasteiger partial charge in [0, 0.05) is 24.1 Å². The van der Waals surface area contributed by atoms with Crippen LogP contribution in [0.15, 0.2) is 30.5 Å². The number of imide groups is 1. The standard InChI is InChI=1S/C14H15N3O4/c1-8(12(18)16-14(21)15-2)17-7-6-9-10(13(19)20)4-3-5-11(9)17/h3-8H,1-2H3,(H,19,20)(H2,15,16,18,21). The van der Waals surface area contributed by atoms with Crippen LogP contribution in [0.3, 0.4) is 0 Å². The van der Waals surface area contributed by atoms with Crippen molar-refractivity contribution in [3.05, 3.63) is 36.0 Å². The minimum atomic E-state index is -1.03. The maximum Gasteiger partial charge on any atom is 0.336 e. The lowest BCUT2D eigenvalue weighted by Crippen LogP contribution is -2.40. The number of nitrogens with zero attached hydrogens (tertiary/aromatic N) is 1. The molecule has 2 rings (SSSR count). The van der Waals surface area contributed by atoms with Crippen molar-refractivity contribution in [1.82, 2.24) is 15.2 Å². The second-order valence-corrected chi connectivity index (χ2v) is 4.51. The Balaban J connectivity index is 2.39. The van der Waals surface area contributed by atoms with E-state index in [0.29, 0.717) is 10.9 Å². The van der Waals surface area contributed by atoms with E-state index in [1.807, 2.05) is 0 Å². The molecule has 1 aromatic heterocycles. The van der Waals surface area contributed by atoms with Crippen LogP contribution in [0, 0.1) is 0 Å². The lowest BCUT2D eigenvalue weighted by molar-refractivity contribution is -0.122. The quantitative estimate of drug-likeness (QED) is 0.794. The molecule has 0 aliphatic heterocycles. The molecule has 0 aliphatic rings. The van der Waals surface area contributed by atoms with Crippen molar-refractivity contribution in [3.8, 4) is 0 Å². The predicted octanol–water partition coefficient (Wildman–Crippen LogP) is 1.36. The fraction of sp³-hybridized carbons (Fsp3) is 0.214. The number of carbonyl (C=O) groups excluding carboxylic acids is 2. The molecule has 1 heterocycles. The number of fused-ring (bicyclic) bond motifs is 1. The average Bonchev–Trinajstić information content (AvgIpc) is 2.89. The van der Waals surface area contributed by atoms with Gasteiger partial charge in [0.05, 0.1) is 5.56 Å². The normalized spacial score (nSPS) is 11.9. The first kappa shape index (κ1) is 14.6. The van der Waals surface area contributed by atoms with Gasteiger partial charge in [-0.15, -0.1) is 0 Å². The highest BCUT2D eigenvalue weighted by Gasteiger charge is 2.19. The molecule has 2 aromatic rings. The third-order valence-electron chi connectivity index (χ3n) is 3.25. The molecule has 0 saturated heterocycles. The van der Waals surface area contributed by atoms with Crippen LogP contribution in [0.1, 0.15) is 23.3 Å². The largest absolute Gasteiger partial charge is 0.478 e. The molecule has 1 atom stereocenters. The highest BCUT2D eigenvalue weighted by molar-refractivity contribution is 6.03. The highest BCUT2D eigenvalue weighted by atomic mass is 16.4. The monoisotopic (exact) mass is 289 g/mol. The van der Waals surface area contributed by atoms with E-state index in [0.717, 1.165) is 0 Å². The van der Waals surface area contributed by atoms with E-state index in [2.05, 4.69) is 10.6 Å². The maximum absolute atomic E-state index is 12.0. The van der Waals surface area contributed by atoms with E-state index in [1.165, 1.54) is 13.1 Å². The molecule has 3 amide bonds. The van der Waals surface area contributed by atoms with Crippen LogP contribution in [0.2, 0.25) is 0 Å². The molecular weight excluding hydrogens is 274 g/mol. The number of carbonyl (C=O) groups is 3. The number of hydrogen-bond acceptors (Lipinski definition) is 3. The molecule has 0 saturated carbocycles. The van der Waals surface area contributed by atoms with E-state index >= 15 is 0 Å². The Hall–Kier alpha value is -2.83. The van der Waals surface area contributed by atoms with Gasteiger partial charge in [-0.2, -0.15) is 0 Å². The lowest BCUT2D eigenvalue weighted by Gasteiger charge is -2.14. The molecule has 1 aromatic carbocycles. The molecule has 0 bridgehead atoms. The Bertz CT molecular complexity index is 720. The van der Waals surface area contributed by atoms with Gasteiger partial charge in [-0.3, -0.25) is 10.1 Å². The Morgan fingerprint density at radius 1 is 1.24 bits per heavy atom. The van der Waals surface area contributed by atoms with Crippen molar-refractivity contribution in [2.24, 2.45) is 0 Å². The van der Waals surface area contributed by atoms with Crippen LogP contribution in [0.25, 0.3) is 10.9 Å². The summed E-state index contributed by atoms with van der Waals surface area (Å²) in [6, 6.07) is 5.25. The van der Waals surface area contributed by atoms with Crippen molar-refractivity contribution in [2.75, 3.05) is 7.05 Å². The first-order chi connectivity index (χ1) is 9.95. The van der Waals surface area contributed by atoms with Gasteiger partial charge in [0.2, 0.25) is 0 Å². The molecule has 1 unspecified atom stereocenters. The van der Waals surface area contributed by atoms with Crippen LogP contribution in [-0.4, -0.2) is 34.6 Å². The molecule has 0 aliphatic carbocycles. The summed E-state index contributed by atoms with van der Waals surface area (Å²) in [5.41, 5.74) is 0.791. The second kappa shape index (κ2) is 5.66. The van der Waals surface area contributed by atoms with Gasteiger partial charge in [-0.25, -0.2) is 9.59 Å². The Kier molecular flexibility index (Phi) is 3.93. The van der Waals surface area contributed by atoms with Gasteiger partial charge in [0.15, 0.2) is 0 Å². The number of carboxylic acid groups (broad SMARTS) is 1. The van der Waals surface area contributed by atoms with Crippen LogP contribution in [-0.2, 0) is 4.79 Å². The number of amides is 3. The first-order valence-corrected chi connectivity index (χ1v) is 6.31. The average molecular weight is 289 g/mol. The van der Waals surface area contributed by atoms with Gasteiger partial charge >= 0.3 is 12.0 Å². The van der Waals surface area contributed by atoms with Crippen molar-refractivity contribution in [3.63, 3.8) is 0 Å². The molecular formula is C14H15N3O4. The van der Waals surface area contributed by atoms with Crippen LogP contribution in [0.5, 0.6) is 0 Å². The topological polar surface area (TPSA) is 100 Å². The molecule has 0 spiro atoms. The molecule has 7 nitrogen and oxygen atoms in total. The smallest absolute Gasteiger partial charge is 0.336 e. The van der Waals surface area contributed by atoms with Crippen LogP contribution in [0.4, 0.5) is 4.79 Å². The van der Waals surface area contributed by atoms with Gasteiger partial charge in [-0.1, -0.05) is 6.07 Å². The Labute approximate surface area is 120 Å². The van der Waals surface area contributed by atoms with Crippen LogP contribution >= 0.6 is 0 Å². The number of carboxylic acids is 1. The van der Waals surface area contributed by atoms with Crippen molar-refractivity contribution in [2.45, 2.75) is 13.0 Å². The summed E-state index contributed by atoms with van der Waals surface area (Å²) in [5, 5.41) is 14.2. The summed E-state index contributed by atoms with van der Waals surface area (Å²) < 4.78 is 1.63. The fourth-order valence-electron chi connectivity index (χ4n) is 2.12.